The van der Waals surface area contributed by atoms with Crippen LogP contribution in [0.25, 0.3) is 28.3 Å². The second-order valence-electron chi connectivity index (χ2n) is 10.3. The molecule has 1 unspecified atom stereocenters. The Morgan fingerprint density at radius 2 is 1.43 bits per heavy atom. The molecule has 0 amide bonds. The van der Waals surface area contributed by atoms with Gasteiger partial charge in [0.05, 0.1) is 0 Å². The zero-order valence-corrected chi connectivity index (χ0v) is 26.0. The monoisotopic (exact) mass is 591 g/mol. The van der Waals surface area contributed by atoms with Crippen molar-refractivity contribution in [2.75, 3.05) is 0 Å². The third-order valence-electron chi connectivity index (χ3n) is 7.41. The molecule has 0 nitrogen and oxygen atoms in total. The maximum atomic E-state index is 2.58. The summed E-state index contributed by atoms with van der Waals surface area (Å²) in [4.78, 5) is 0. The van der Waals surface area contributed by atoms with Crippen LogP contribution >= 0.6 is 24.8 Å². The molecule has 4 aromatic rings. The van der Waals surface area contributed by atoms with Crippen LogP contribution in [0.2, 0.25) is 9.26 Å². The van der Waals surface area contributed by atoms with E-state index >= 15 is 0 Å². The molecule has 4 aromatic carbocycles. The van der Waals surface area contributed by atoms with Crippen molar-refractivity contribution >= 4 is 41.0 Å². The van der Waals surface area contributed by atoms with Crippen LogP contribution in [0.1, 0.15) is 40.7 Å². The Morgan fingerprint density at radius 1 is 0.743 bits per heavy atom. The van der Waals surface area contributed by atoms with E-state index in [4.69, 9.17) is 0 Å². The first-order valence-electron chi connectivity index (χ1n) is 11.9. The van der Waals surface area contributed by atoms with Gasteiger partial charge in [0.25, 0.3) is 0 Å². The van der Waals surface area contributed by atoms with Crippen molar-refractivity contribution < 1.29 is 18.9 Å². The third kappa shape index (κ3) is 4.38. The topological polar surface area (TPSA) is 0 Å². The molecule has 0 heterocycles. The molecule has 0 aromatic heterocycles. The minimum absolute atomic E-state index is 0. The molecule has 6 rings (SSSR count). The number of halogens is 2. The first kappa shape index (κ1) is 26.4. The normalized spacial score (nSPS) is 15.3. The van der Waals surface area contributed by atoms with E-state index in [2.05, 4.69) is 114 Å². The molecule has 177 valence electrons. The quantitative estimate of drug-likeness (QED) is 0.188. The smallest absolute Gasteiger partial charge is 0.147 e. The van der Waals surface area contributed by atoms with Gasteiger partial charge in [0.2, 0.25) is 0 Å². The molecule has 1 atom stereocenters. The number of fused-ring (bicyclic) bond motifs is 4. The van der Waals surface area contributed by atoms with E-state index in [0.29, 0.717) is 5.92 Å². The fourth-order valence-corrected chi connectivity index (χ4v) is 11.6. The summed E-state index contributed by atoms with van der Waals surface area (Å²) in [5.41, 5.74) is 14.6. The van der Waals surface area contributed by atoms with Crippen LogP contribution in [-0.4, -0.2) is 6.88 Å². The third-order valence-corrected chi connectivity index (χ3v) is 14.3. The molecule has 0 saturated heterocycles. The molecule has 0 aliphatic heterocycles. The average molecular weight is 594 g/mol. The average Bonchev–Trinajstić information content (AvgIpc) is 3.35. The maximum absolute atomic E-state index is 2.58. The van der Waals surface area contributed by atoms with Gasteiger partial charge in [-0.15, -0.1) is 24.8 Å². The van der Waals surface area contributed by atoms with Gasteiger partial charge in [-0.25, -0.2) is 0 Å². The Morgan fingerprint density at radius 3 is 2.17 bits per heavy atom. The number of benzene rings is 4. The van der Waals surface area contributed by atoms with Crippen LogP contribution < -0.4 is 3.27 Å². The molecular weight excluding hydrogens is 563 g/mol. The molecular formula is C31H31Cl2SiZr. The molecule has 4 heteroatoms. The summed E-state index contributed by atoms with van der Waals surface area (Å²) < 4.78 is 6.86. The van der Waals surface area contributed by atoms with Crippen LogP contribution in [0, 0.1) is 0 Å². The zero-order valence-electron chi connectivity index (χ0n) is 20.5. The van der Waals surface area contributed by atoms with Crippen molar-refractivity contribution in [1.82, 2.24) is 0 Å². The Hall–Kier alpha value is -1.70. The van der Waals surface area contributed by atoms with Gasteiger partial charge in [-0.2, -0.15) is 0 Å². The number of allylic oxidation sites excluding steroid dienone is 1. The standard InChI is InChI=1S/C29H21.2CH3.2ClH.H2Si.Zr/c1-19-17-27-22(20-9-3-2-4-10-20)13-7-15-25(27)29(19)26-16-8-14-24-23-12-6-5-11-21(23)18-28(24)26;;;;;;/h2-15,17,29H,18H2,1H3;2*1H3;2*1H;1H2;. The summed E-state index contributed by atoms with van der Waals surface area (Å²) in [6.45, 7) is 4.67. The molecule has 0 spiro atoms. The molecule has 2 aliphatic carbocycles. The Bertz CT molecular complexity index is 1500. The Kier molecular flexibility index (Phi) is 7.52. The van der Waals surface area contributed by atoms with Crippen LogP contribution in [0.3, 0.4) is 0 Å². The van der Waals surface area contributed by atoms with Gasteiger partial charge in [0.1, 0.15) is 0 Å². The Labute approximate surface area is 227 Å². The predicted molar refractivity (Wildman–Crippen MR) is 156 cm³/mol. The van der Waals surface area contributed by atoms with Crippen molar-refractivity contribution in [3.63, 3.8) is 0 Å². The van der Waals surface area contributed by atoms with Crippen LogP contribution in [0.15, 0.2) is 90.5 Å². The predicted octanol–water partition coefficient (Wildman–Crippen LogP) is 7.74. The summed E-state index contributed by atoms with van der Waals surface area (Å²) >= 11 is -2.35. The summed E-state index contributed by atoms with van der Waals surface area (Å²) in [5, 5.41) is 0. The largest absolute Gasteiger partial charge is 0.147 e. The van der Waals surface area contributed by atoms with E-state index < -0.39 is 18.9 Å². The van der Waals surface area contributed by atoms with E-state index in [9.17, 15) is 0 Å². The molecule has 0 bridgehead atoms. The Balaban J connectivity index is 0.00000144. The van der Waals surface area contributed by atoms with Crippen LogP contribution in [0.5, 0.6) is 0 Å². The maximum Gasteiger partial charge on any atom is -0.147 e. The molecule has 2 aliphatic rings. The van der Waals surface area contributed by atoms with E-state index in [-0.39, 0.29) is 24.8 Å². The van der Waals surface area contributed by atoms with Gasteiger partial charge < -0.3 is 0 Å². The SMILES string of the molecule is CC1=Cc2c(-c3ccccc3)cccc2C1c1[c]([Zr]([CH3])([CH3])=[SiH2])ccc2c1Cc1ccccc1-2.Cl.Cl. The molecule has 35 heavy (non-hydrogen) atoms. The van der Waals surface area contributed by atoms with E-state index in [0.717, 1.165) is 6.42 Å². The van der Waals surface area contributed by atoms with Crippen LogP contribution in [0.4, 0.5) is 0 Å². The fourth-order valence-electron chi connectivity index (χ4n) is 5.96. The van der Waals surface area contributed by atoms with Gasteiger partial charge >= 0.3 is 204 Å². The number of hydrogen-bond donors (Lipinski definition) is 0. The van der Waals surface area contributed by atoms with Gasteiger partial charge in [-0.1, -0.05) is 0 Å². The summed E-state index contributed by atoms with van der Waals surface area (Å²) in [6, 6.07) is 31.7. The summed E-state index contributed by atoms with van der Waals surface area (Å²) in [7, 11) is 0. The van der Waals surface area contributed by atoms with Gasteiger partial charge in [0.15, 0.2) is 0 Å². The molecule has 0 N–H and O–H groups in total. The first-order chi connectivity index (χ1) is 15.9. The minimum Gasteiger partial charge on any atom is -0.147 e. The number of rotatable bonds is 3. The minimum atomic E-state index is -2.35. The van der Waals surface area contributed by atoms with Gasteiger partial charge in [-0.05, 0) is 0 Å². The second kappa shape index (κ2) is 9.98. The molecule has 0 radical (unpaired) electrons. The van der Waals surface area contributed by atoms with E-state index in [1.807, 2.05) is 0 Å². The first-order valence-corrected chi connectivity index (χ1v) is 24.0. The van der Waals surface area contributed by atoms with Crippen molar-refractivity contribution in [1.29, 1.82) is 0 Å². The fraction of sp³-hybridized carbons (Fsp3) is 0.161. The van der Waals surface area contributed by atoms with Crippen molar-refractivity contribution in [2.45, 2.75) is 28.5 Å². The van der Waals surface area contributed by atoms with Crippen molar-refractivity contribution in [3.05, 3.63) is 118 Å². The van der Waals surface area contributed by atoms with E-state index in [1.165, 1.54) is 44.5 Å². The second-order valence-corrected chi connectivity index (χ2v) is 31.3. The van der Waals surface area contributed by atoms with Gasteiger partial charge in [-0.3, -0.25) is 0 Å². The summed E-state index contributed by atoms with van der Waals surface area (Å²) in [5.74, 6) is 0.364. The summed E-state index contributed by atoms with van der Waals surface area (Å²) in [6.07, 6.45) is 3.53. The molecule has 0 fully saturated rings. The van der Waals surface area contributed by atoms with E-state index in [1.54, 1.807) is 14.4 Å². The van der Waals surface area contributed by atoms with Crippen molar-refractivity contribution in [2.24, 2.45) is 0 Å². The zero-order chi connectivity index (χ0) is 22.7. The van der Waals surface area contributed by atoms with Gasteiger partial charge in [0, 0.05) is 0 Å². The van der Waals surface area contributed by atoms with Crippen molar-refractivity contribution in [3.8, 4) is 22.3 Å². The molecule has 0 saturated carbocycles. The van der Waals surface area contributed by atoms with Crippen LogP contribution in [-0.2, 0) is 25.3 Å². The number of hydrogen-bond acceptors (Lipinski definition) is 0.